The molecule has 1 amide bonds. The lowest BCUT2D eigenvalue weighted by molar-refractivity contribution is 0.0381. The van der Waals surface area contributed by atoms with Crippen LogP contribution in [0, 0.1) is 5.41 Å². The summed E-state index contributed by atoms with van der Waals surface area (Å²) < 4.78 is 34.3. The Morgan fingerprint density at radius 1 is 1.26 bits per heavy atom. The summed E-state index contributed by atoms with van der Waals surface area (Å²) in [6, 6.07) is 0. The lowest BCUT2D eigenvalue weighted by Crippen LogP contribution is -2.38. The first-order chi connectivity index (χ1) is 14.5. The maximum absolute atomic E-state index is 12.6. The molecule has 172 valence electrons. The number of nitrogens with one attached hydrogen (secondary N) is 1. The van der Waals surface area contributed by atoms with Gasteiger partial charge in [0.1, 0.15) is 5.69 Å². The second-order valence-electron chi connectivity index (χ2n) is 10.1. The molecule has 0 spiro atoms. The molecule has 0 unspecified atom stereocenters. The van der Waals surface area contributed by atoms with Gasteiger partial charge in [0.2, 0.25) is 10.0 Å². The van der Waals surface area contributed by atoms with Crippen molar-refractivity contribution in [2.24, 2.45) is 5.41 Å². The first-order valence-electron chi connectivity index (χ1n) is 10.8. The zero-order valence-electron chi connectivity index (χ0n) is 18.7. The van der Waals surface area contributed by atoms with Gasteiger partial charge in [-0.25, -0.2) is 18.1 Å². The van der Waals surface area contributed by atoms with E-state index in [0.29, 0.717) is 26.2 Å². The Balaban J connectivity index is 1.44. The van der Waals surface area contributed by atoms with Crippen molar-refractivity contribution in [1.29, 1.82) is 0 Å². The zero-order chi connectivity index (χ0) is 22.4. The lowest BCUT2D eigenvalue weighted by atomic mass is 9.67. The van der Waals surface area contributed by atoms with E-state index < -0.39 is 15.9 Å². The van der Waals surface area contributed by atoms with Crippen LogP contribution in [-0.2, 0) is 26.6 Å². The molecule has 4 rings (SSSR count). The van der Waals surface area contributed by atoms with Gasteiger partial charge in [0.25, 0.3) is 5.91 Å². The number of hydrogen-bond acceptors (Lipinski definition) is 7. The molecule has 1 N–H and O–H groups in total. The number of carbonyl (C=O) groups is 1. The molecule has 0 atom stereocenters. The standard InChI is InChI=1S/C21H32N4O4S2/c1-20(2)12-16-17(21(3,4)14-20)30-19-22-15(13-25(16)19)18(26)23-31(27,28)11-5-6-24-7-9-29-10-8-24/h13H,5-12,14H2,1-4H3,(H,23,26). The van der Waals surface area contributed by atoms with Crippen molar-refractivity contribution >= 4 is 32.2 Å². The number of fused-ring (bicyclic) bond motifs is 3. The van der Waals surface area contributed by atoms with Crippen LogP contribution in [-0.4, -0.2) is 67.2 Å². The quantitative estimate of drug-likeness (QED) is 0.700. The predicted octanol–water partition coefficient (Wildman–Crippen LogP) is 2.43. The van der Waals surface area contributed by atoms with E-state index in [1.54, 1.807) is 17.5 Å². The van der Waals surface area contributed by atoms with Gasteiger partial charge in [-0.2, -0.15) is 0 Å². The van der Waals surface area contributed by atoms with E-state index in [1.807, 2.05) is 4.40 Å². The second-order valence-corrected chi connectivity index (χ2v) is 12.9. The van der Waals surface area contributed by atoms with Crippen molar-refractivity contribution in [3.8, 4) is 0 Å². The van der Waals surface area contributed by atoms with Crippen LogP contribution in [0.4, 0.5) is 0 Å². The Bertz CT molecular complexity index is 1080. The van der Waals surface area contributed by atoms with Crippen molar-refractivity contribution in [3.05, 3.63) is 22.5 Å². The fraction of sp³-hybridized carbons (Fsp3) is 0.714. The molecule has 1 saturated heterocycles. The van der Waals surface area contributed by atoms with Crippen LogP contribution in [0.2, 0.25) is 0 Å². The molecule has 2 aliphatic rings. The summed E-state index contributed by atoms with van der Waals surface area (Å²) in [5.74, 6) is -0.749. The molecule has 1 aliphatic heterocycles. The molecular formula is C21H32N4O4S2. The molecule has 8 nitrogen and oxygen atoms in total. The molecule has 2 aromatic rings. The molecule has 1 fully saturated rings. The highest BCUT2D eigenvalue weighted by Crippen LogP contribution is 2.48. The van der Waals surface area contributed by atoms with Crippen molar-refractivity contribution in [2.75, 3.05) is 38.6 Å². The number of thiazole rings is 1. The predicted molar refractivity (Wildman–Crippen MR) is 121 cm³/mol. The molecule has 10 heteroatoms. The Labute approximate surface area is 188 Å². The van der Waals surface area contributed by atoms with E-state index in [2.05, 4.69) is 42.3 Å². The van der Waals surface area contributed by atoms with Crippen LogP contribution in [0.25, 0.3) is 4.96 Å². The summed E-state index contributed by atoms with van der Waals surface area (Å²) in [5.41, 5.74) is 1.53. The molecule has 0 radical (unpaired) electrons. The van der Waals surface area contributed by atoms with Crippen LogP contribution < -0.4 is 4.72 Å². The number of amides is 1. The summed E-state index contributed by atoms with van der Waals surface area (Å²) in [6.07, 6.45) is 4.15. The van der Waals surface area contributed by atoms with Gasteiger partial charge in [-0.1, -0.05) is 27.7 Å². The third-order valence-electron chi connectivity index (χ3n) is 6.07. The zero-order valence-corrected chi connectivity index (χ0v) is 20.4. The highest BCUT2D eigenvalue weighted by Gasteiger charge is 2.40. The highest BCUT2D eigenvalue weighted by molar-refractivity contribution is 7.90. The summed E-state index contributed by atoms with van der Waals surface area (Å²) >= 11 is 1.60. The Morgan fingerprint density at radius 2 is 1.97 bits per heavy atom. The molecule has 0 aromatic carbocycles. The fourth-order valence-corrected chi connectivity index (χ4v) is 7.25. The SMILES string of the molecule is CC1(C)Cc2c(sc3nc(C(=O)NS(=O)(=O)CCCN4CCOCC4)cn23)C(C)(C)C1. The average molecular weight is 469 g/mol. The summed E-state index contributed by atoms with van der Waals surface area (Å²) in [6.45, 7) is 12.7. The first kappa shape index (κ1) is 22.7. The third kappa shape index (κ3) is 4.97. The molecule has 3 heterocycles. The smallest absolute Gasteiger partial charge is 0.284 e. The number of imidazole rings is 1. The lowest BCUT2D eigenvalue weighted by Gasteiger charge is -2.40. The van der Waals surface area contributed by atoms with Crippen LogP contribution >= 0.6 is 11.3 Å². The number of aromatic nitrogens is 2. The van der Waals surface area contributed by atoms with E-state index in [1.165, 1.54) is 10.6 Å². The van der Waals surface area contributed by atoms with Gasteiger partial charge in [-0.3, -0.25) is 14.1 Å². The van der Waals surface area contributed by atoms with Gasteiger partial charge < -0.3 is 4.74 Å². The third-order valence-corrected chi connectivity index (χ3v) is 8.86. The molecule has 2 aromatic heterocycles. The van der Waals surface area contributed by atoms with E-state index in [9.17, 15) is 13.2 Å². The number of nitrogens with zero attached hydrogens (tertiary/aromatic N) is 3. The molecule has 1 aliphatic carbocycles. The maximum Gasteiger partial charge on any atom is 0.284 e. The first-order valence-corrected chi connectivity index (χ1v) is 13.3. The van der Waals surface area contributed by atoms with Gasteiger partial charge in [-0.15, -0.1) is 11.3 Å². The molecule has 0 bridgehead atoms. The summed E-state index contributed by atoms with van der Waals surface area (Å²) in [5, 5.41) is 0. The Hall–Kier alpha value is -1.49. The van der Waals surface area contributed by atoms with Crippen LogP contribution in [0.3, 0.4) is 0 Å². The van der Waals surface area contributed by atoms with Gasteiger partial charge in [0.15, 0.2) is 4.96 Å². The molecule has 0 saturated carbocycles. The van der Waals surface area contributed by atoms with Crippen molar-refractivity contribution < 1.29 is 17.9 Å². The minimum absolute atomic E-state index is 0.0503. The van der Waals surface area contributed by atoms with Gasteiger partial charge >= 0.3 is 0 Å². The minimum Gasteiger partial charge on any atom is -0.379 e. The summed E-state index contributed by atoms with van der Waals surface area (Å²) in [4.78, 5) is 21.3. The van der Waals surface area contributed by atoms with Crippen molar-refractivity contribution in [2.45, 2.75) is 52.4 Å². The van der Waals surface area contributed by atoms with Gasteiger partial charge in [0.05, 0.1) is 19.0 Å². The van der Waals surface area contributed by atoms with Crippen LogP contribution in [0.5, 0.6) is 0 Å². The number of carbonyl (C=O) groups excluding carboxylic acids is 1. The van der Waals surface area contributed by atoms with Gasteiger partial charge in [0, 0.05) is 35.3 Å². The number of sulfonamides is 1. The Morgan fingerprint density at radius 3 is 2.68 bits per heavy atom. The highest BCUT2D eigenvalue weighted by atomic mass is 32.2. The Kier molecular flexibility index (Phi) is 5.95. The number of morpholine rings is 1. The number of ether oxygens (including phenoxy) is 1. The fourth-order valence-electron chi connectivity index (χ4n) is 5.03. The van der Waals surface area contributed by atoms with E-state index in [0.717, 1.165) is 30.9 Å². The topological polar surface area (TPSA) is 93.0 Å². The van der Waals surface area contributed by atoms with Crippen molar-refractivity contribution in [1.82, 2.24) is 19.0 Å². The largest absolute Gasteiger partial charge is 0.379 e. The van der Waals surface area contributed by atoms with Crippen LogP contribution in [0.15, 0.2) is 6.20 Å². The van der Waals surface area contributed by atoms with Gasteiger partial charge in [-0.05, 0) is 31.2 Å². The van der Waals surface area contributed by atoms with Crippen molar-refractivity contribution in [3.63, 3.8) is 0 Å². The molecular weight excluding hydrogens is 436 g/mol. The molecule has 31 heavy (non-hydrogen) atoms. The monoisotopic (exact) mass is 468 g/mol. The number of rotatable bonds is 6. The summed E-state index contributed by atoms with van der Waals surface area (Å²) in [7, 11) is -3.71. The van der Waals surface area contributed by atoms with E-state index in [-0.39, 0.29) is 22.3 Å². The maximum atomic E-state index is 12.6. The average Bonchev–Trinajstić information content (AvgIpc) is 3.20. The van der Waals surface area contributed by atoms with Crippen LogP contribution in [0.1, 0.15) is 61.6 Å². The second kappa shape index (κ2) is 8.13. The van der Waals surface area contributed by atoms with E-state index in [4.69, 9.17) is 4.74 Å². The number of hydrogen-bond donors (Lipinski definition) is 1. The normalized spacial score (nSPS) is 21.2. The minimum atomic E-state index is -3.71. The van der Waals surface area contributed by atoms with E-state index >= 15 is 0 Å².